The Labute approximate surface area is 155 Å². The van der Waals surface area contributed by atoms with Gasteiger partial charge in [0.15, 0.2) is 0 Å². The van der Waals surface area contributed by atoms with E-state index in [9.17, 15) is 10.1 Å². The van der Waals surface area contributed by atoms with Crippen LogP contribution in [0.15, 0.2) is 24.3 Å². The summed E-state index contributed by atoms with van der Waals surface area (Å²) < 4.78 is 5.18. The molecule has 0 aromatic heterocycles. The van der Waals surface area contributed by atoms with Gasteiger partial charge in [0, 0.05) is 32.2 Å². The summed E-state index contributed by atoms with van der Waals surface area (Å²) in [7, 11) is 1.63. The Kier molecular flexibility index (Phi) is 6.35. The van der Waals surface area contributed by atoms with E-state index >= 15 is 0 Å². The van der Waals surface area contributed by atoms with Crippen molar-refractivity contribution in [1.29, 1.82) is 5.26 Å². The maximum absolute atomic E-state index is 12.5. The van der Waals surface area contributed by atoms with Gasteiger partial charge in [-0.25, -0.2) is 4.79 Å². The van der Waals surface area contributed by atoms with Gasteiger partial charge in [-0.2, -0.15) is 5.26 Å². The third-order valence-corrected chi connectivity index (χ3v) is 5.45. The van der Waals surface area contributed by atoms with Crippen LogP contribution in [0.3, 0.4) is 0 Å². The van der Waals surface area contributed by atoms with E-state index in [-0.39, 0.29) is 12.1 Å². The molecule has 6 heteroatoms. The van der Waals surface area contributed by atoms with E-state index in [2.05, 4.69) is 16.3 Å². The van der Waals surface area contributed by atoms with Crippen molar-refractivity contribution >= 4 is 6.03 Å². The zero-order valence-electron chi connectivity index (χ0n) is 15.5. The third kappa shape index (κ3) is 4.47. The predicted molar refractivity (Wildman–Crippen MR) is 99.9 cm³/mol. The Morgan fingerprint density at radius 3 is 2.38 bits per heavy atom. The minimum Gasteiger partial charge on any atom is -0.497 e. The fourth-order valence-electron chi connectivity index (χ4n) is 3.85. The number of benzene rings is 1. The molecule has 1 unspecified atom stereocenters. The van der Waals surface area contributed by atoms with Crippen molar-refractivity contribution in [2.45, 2.75) is 44.2 Å². The number of rotatable bonds is 4. The van der Waals surface area contributed by atoms with E-state index in [1.165, 1.54) is 19.3 Å². The quantitative estimate of drug-likeness (QED) is 0.901. The number of nitriles is 1. The van der Waals surface area contributed by atoms with Gasteiger partial charge in [-0.3, -0.25) is 4.90 Å². The van der Waals surface area contributed by atoms with Crippen molar-refractivity contribution in [2.24, 2.45) is 0 Å². The number of carbonyl (C=O) groups is 1. The topological polar surface area (TPSA) is 68.6 Å². The molecule has 1 aromatic rings. The van der Waals surface area contributed by atoms with E-state index in [1.54, 1.807) is 7.11 Å². The lowest BCUT2D eigenvalue weighted by Gasteiger charge is -2.37. The van der Waals surface area contributed by atoms with Gasteiger partial charge in [-0.05, 0) is 30.5 Å². The van der Waals surface area contributed by atoms with Gasteiger partial charge in [-0.15, -0.1) is 0 Å². The summed E-state index contributed by atoms with van der Waals surface area (Å²) in [6, 6.07) is 10.1. The largest absolute Gasteiger partial charge is 0.497 e. The summed E-state index contributed by atoms with van der Waals surface area (Å²) in [4.78, 5) is 16.5. The lowest BCUT2D eigenvalue weighted by Crippen LogP contribution is -2.54. The second-order valence-electron chi connectivity index (χ2n) is 7.11. The van der Waals surface area contributed by atoms with E-state index in [4.69, 9.17) is 4.74 Å². The normalized spacial score (nSPS) is 20.2. The molecule has 0 radical (unpaired) electrons. The summed E-state index contributed by atoms with van der Waals surface area (Å²) in [6.07, 6.45) is 5.90. The van der Waals surface area contributed by atoms with Crippen LogP contribution in [0, 0.1) is 11.3 Å². The fraction of sp³-hybridized carbons (Fsp3) is 0.600. The summed E-state index contributed by atoms with van der Waals surface area (Å²) in [5.74, 6) is 0.787. The zero-order valence-corrected chi connectivity index (χ0v) is 15.5. The highest BCUT2D eigenvalue weighted by Gasteiger charge is 2.28. The first-order chi connectivity index (χ1) is 12.7. The van der Waals surface area contributed by atoms with Crippen LogP contribution in [0.25, 0.3) is 0 Å². The van der Waals surface area contributed by atoms with Crippen LogP contribution in [0.4, 0.5) is 4.79 Å². The van der Waals surface area contributed by atoms with Gasteiger partial charge in [-0.1, -0.05) is 31.4 Å². The predicted octanol–water partition coefficient (Wildman–Crippen LogP) is 2.92. The maximum Gasteiger partial charge on any atom is 0.317 e. The molecular weight excluding hydrogens is 328 g/mol. The molecule has 1 saturated heterocycles. The summed E-state index contributed by atoms with van der Waals surface area (Å²) in [6.45, 7) is 2.74. The molecule has 2 aliphatic rings. The van der Waals surface area contributed by atoms with Gasteiger partial charge in [0.05, 0.1) is 13.2 Å². The molecular formula is C20H28N4O2. The number of amides is 2. The molecule has 140 valence electrons. The molecule has 2 fully saturated rings. The first-order valence-electron chi connectivity index (χ1n) is 9.54. The van der Waals surface area contributed by atoms with Gasteiger partial charge >= 0.3 is 6.03 Å². The lowest BCUT2D eigenvalue weighted by atomic mass is 9.96. The van der Waals surface area contributed by atoms with Gasteiger partial charge < -0.3 is 15.0 Å². The van der Waals surface area contributed by atoms with E-state index in [0.29, 0.717) is 32.2 Å². The van der Waals surface area contributed by atoms with Crippen molar-refractivity contribution in [3.8, 4) is 11.8 Å². The first kappa shape index (κ1) is 18.5. The fourth-order valence-corrected chi connectivity index (χ4v) is 3.85. The number of hydrogen-bond acceptors (Lipinski definition) is 4. The Balaban J connectivity index is 1.52. The molecule has 1 saturated carbocycles. The Hall–Kier alpha value is -2.26. The van der Waals surface area contributed by atoms with E-state index in [0.717, 1.165) is 24.2 Å². The van der Waals surface area contributed by atoms with Crippen LogP contribution in [0.1, 0.15) is 43.7 Å². The van der Waals surface area contributed by atoms with E-state index < -0.39 is 0 Å². The minimum absolute atomic E-state index is 0.0505. The van der Waals surface area contributed by atoms with Crippen molar-refractivity contribution in [2.75, 3.05) is 33.3 Å². The smallest absolute Gasteiger partial charge is 0.317 e. The van der Waals surface area contributed by atoms with Crippen molar-refractivity contribution in [3.63, 3.8) is 0 Å². The highest BCUT2D eigenvalue weighted by atomic mass is 16.5. The molecule has 1 heterocycles. The monoisotopic (exact) mass is 356 g/mol. The van der Waals surface area contributed by atoms with Crippen LogP contribution >= 0.6 is 0 Å². The molecule has 0 bridgehead atoms. The number of nitrogens with one attached hydrogen (secondary N) is 1. The molecule has 1 aliphatic heterocycles. The second kappa shape index (κ2) is 8.91. The third-order valence-electron chi connectivity index (χ3n) is 5.45. The Morgan fingerprint density at radius 1 is 1.15 bits per heavy atom. The number of piperazine rings is 1. The van der Waals surface area contributed by atoms with Crippen LogP contribution in [0.2, 0.25) is 0 Å². The number of carbonyl (C=O) groups excluding carboxylic acids is 1. The molecule has 6 nitrogen and oxygen atoms in total. The lowest BCUT2D eigenvalue weighted by molar-refractivity contribution is 0.121. The number of ether oxygens (including phenoxy) is 1. The molecule has 1 N–H and O–H groups in total. The SMILES string of the molecule is COc1ccc(C(C#N)N2CCN(C(=O)NC3CCCCC3)CC2)cc1. The van der Waals surface area contributed by atoms with Crippen molar-refractivity contribution in [1.82, 2.24) is 15.1 Å². The molecule has 1 atom stereocenters. The molecule has 3 rings (SSSR count). The maximum atomic E-state index is 12.5. The van der Waals surface area contributed by atoms with Gasteiger partial charge in [0.1, 0.15) is 11.8 Å². The minimum atomic E-state index is -0.288. The number of methoxy groups -OCH3 is 1. The first-order valence-corrected chi connectivity index (χ1v) is 9.54. The highest BCUT2D eigenvalue weighted by Crippen LogP contribution is 2.24. The zero-order chi connectivity index (χ0) is 18.4. The molecule has 2 amide bonds. The van der Waals surface area contributed by atoms with E-state index in [1.807, 2.05) is 29.2 Å². The van der Waals surface area contributed by atoms with Crippen molar-refractivity contribution in [3.05, 3.63) is 29.8 Å². The Morgan fingerprint density at radius 2 is 1.81 bits per heavy atom. The van der Waals surface area contributed by atoms with Crippen molar-refractivity contribution < 1.29 is 9.53 Å². The molecule has 26 heavy (non-hydrogen) atoms. The summed E-state index contributed by atoms with van der Waals surface area (Å²) >= 11 is 0. The number of urea groups is 1. The van der Waals surface area contributed by atoms with Crippen LogP contribution < -0.4 is 10.1 Å². The van der Waals surface area contributed by atoms with Crippen LogP contribution in [-0.2, 0) is 0 Å². The number of hydrogen-bond donors (Lipinski definition) is 1. The van der Waals surface area contributed by atoms with Gasteiger partial charge in [0.25, 0.3) is 0 Å². The van der Waals surface area contributed by atoms with Crippen LogP contribution in [0.5, 0.6) is 5.75 Å². The van der Waals surface area contributed by atoms with Crippen LogP contribution in [-0.4, -0.2) is 55.2 Å². The second-order valence-corrected chi connectivity index (χ2v) is 7.11. The average Bonchev–Trinajstić information content (AvgIpc) is 2.70. The van der Waals surface area contributed by atoms with Gasteiger partial charge in [0.2, 0.25) is 0 Å². The summed E-state index contributed by atoms with van der Waals surface area (Å²) in [5.41, 5.74) is 0.966. The highest BCUT2D eigenvalue weighted by molar-refractivity contribution is 5.74. The number of nitrogens with zero attached hydrogens (tertiary/aromatic N) is 3. The average molecular weight is 356 g/mol. The standard InChI is InChI=1S/C20H28N4O2/c1-26-18-9-7-16(8-10-18)19(15-21)23-11-13-24(14-12-23)20(25)22-17-5-3-2-4-6-17/h7-10,17,19H,2-6,11-14H2,1H3,(H,22,25). The molecule has 1 aromatic carbocycles. The molecule has 0 spiro atoms. The summed E-state index contributed by atoms with van der Waals surface area (Å²) in [5, 5.41) is 12.8. The molecule has 1 aliphatic carbocycles. The Bertz CT molecular complexity index is 626.